The highest BCUT2D eigenvalue weighted by molar-refractivity contribution is 6.38. The van der Waals surface area contributed by atoms with E-state index in [2.05, 4.69) is 15.3 Å². The van der Waals surface area contributed by atoms with Crippen LogP contribution in [-0.2, 0) is 24.0 Å². The molecule has 0 aromatic carbocycles. The molecule has 2 saturated carbocycles. The number of Topliss-reactive ketones (excluding diaryl/α,β-unsaturated/α-hetero) is 4. The fourth-order valence-electron chi connectivity index (χ4n) is 8.59. The summed E-state index contributed by atoms with van der Waals surface area (Å²) < 4.78 is 0. The highest BCUT2D eigenvalue weighted by atomic mass is 16.2. The summed E-state index contributed by atoms with van der Waals surface area (Å²) in [5.41, 5.74) is -0.469. The number of carbonyl (C=O) groups excluding carboxylic acids is 6. The molecule has 3 aliphatic rings. The van der Waals surface area contributed by atoms with Crippen molar-refractivity contribution in [3.63, 3.8) is 0 Å². The van der Waals surface area contributed by atoms with Crippen LogP contribution in [0.2, 0.25) is 0 Å². The van der Waals surface area contributed by atoms with Crippen LogP contribution in [-0.4, -0.2) is 68.4 Å². The molecular weight excluding hydrogens is 632 g/mol. The second kappa shape index (κ2) is 17.8. The number of hydrogen-bond donors (Lipinski definition) is 1. The zero-order valence-corrected chi connectivity index (χ0v) is 31.2. The van der Waals surface area contributed by atoms with Gasteiger partial charge in [0.1, 0.15) is 11.7 Å². The standard InChI is InChI=1S/C40H60N4O6/c1-7-13-27(36(48)34(47)20-25(3)8-2)21-33(46)35-29-17-12-16-28(29)24-44(35)39(50)37(40(4,5)6)43-38(49)30(26-14-10-9-11-15-26)22-32(45)31-23-41-18-19-42-31/h18-19,23,25-30,35,37H,7-17,20-22,24H2,1-6H3,(H,43,49)/t25-,27?,28-,29-,30-,35-,37+/m0/s1. The van der Waals surface area contributed by atoms with Gasteiger partial charge >= 0.3 is 0 Å². The van der Waals surface area contributed by atoms with E-state index in [1.807, 2.05) is 41.5 Å². The van der Waals surface area contributed by atoms with Crippen LogP contribution < -0.4 is 5.32 Å². The summed E-state index contributed by atoms with van der Waals surface area (Å²) >= 11 is 0. The number of nitrogens with one attached hydrogen (secondary N) is 1. The predicted octanol–water partition coefficient (Wildman–Crippen LogP) is 6.35. The molecule has 0 radical (unpaired) electrons. The van der Waals surface area contributed by atoms with Crippen molar-refractivity contribution in [3.8, 4) is 0 Å². The minimum Gasteiger partial charge on any atom is -0.344 e. The molecule has 2 amide bonds. The van der Waals surface area contributed by atoms with Crippen LogP contribution in [0.25, 0.3) is 0 Å². The summed E-state index contributed by atoms with van der Waals surface area (Å²) in [5, 5.41) is 3.10. The van der Waals surface area contributed by atoms with Gasteiger partial charge in [0.15, 0.2) is 17.3 Å². The average Bonchev–Trinajstić information content (AvgIpc) is 3.70. The predicted molar refractivity (Wildman–Crippen MR) is 191 cm³/mol. The van der Waals surface area contributed by atoms with Crippen molar-refractivity contribution >= 4 is 34.9 Å². The Morgan fingerprint density at radius 3 is 2.26 bits per heavy atom. The van der Waals surface area contributed by atoms with E-state index in [0.717, 1.165) is 57.8 Å². The van der Waals surface area contributed by atoms with Crippen LogP contribution in [0.15, 0.2) is 18.6 Å². The van der Waals surface area contributed by atoms with Crippen molar-refractivity contribution in [2.45, 2.75) is 144 Å². The molecule has 2 aliphatic carbocycles. The lowest BCUT2D eigenvalue weighted by molar-refractivity contribution is -0.146. The van der Waals surface area contributed by atoms with Gasteiger partial charge in [-0.05, 0) is 61.2 Å². The Kier molecular flexibility index (Phi) is 14.0. The summed E-state index contributed by atoms with van der Waals surface area (Å²) in [4.78, 5) is 92.6. The second-order valence-corrected chi connectivity index (χ2v) is 16.5. The van der Waals surface area contributed by atoms with E-state index in [-0.39, 0.29) is 72.0 Å². The van der Waals surface area contributed by atoms with Crippen LogP contribution in [0.3, 0.4) is 0 Å². The molecule has 3 fully saturated rings. The first-order valence-corrected chi connectivity index (χ1v) is 19.3. The van der Waals surface area contributed by atoms with Gasteiger partial charge in [0, 0.05) is 50.0 Å². The van der Waals surface area contributed by atoms with E-state index < -0.39 is 40.9 Å². The van der Waals surface area contributed by atoms with Crippen molar-refractivity contribution < 1.29 is 28.8 Å². The smallest absolute Gasteiger partial charge is 0.246 e. The molecule has 0 bridgehead atoms. The SMILES string of the molecule is CCCC(CC(=O)[C@@H]1[C@H]2CCC[C@H]2CN1C(=O)[C@@H](NC(=O)[C@@H](CC(=O)c1cnccn1)C1CCCCC1)C(C)(C)C)C(=O)C(=O)C[C@@H](C)CC. The molecule has 1 saturated heterocycles. The number of carbonyl (C=O) groups is 6. The number of amides is 2. The number of aromatic nitrogens is 2. The van der Waals surface area contributed by atoms with E-state index in [4.69, 9.17) is 0 Å². The Labute approximate surface area is 298 Å². The highest BCUT2D eigenvalue weighted by Crippen LogP contribution is 2.44. The summed E-state index contributed by atoms with van der Waals surface area (Å²) in [6.07, 6.45) is 13.9. The molecule has 1 unspecified atom stereocenters. The maximum Gasteiger partial charge on any atom is 0.246 e. The first kappa shape index (κ1) is 39.5. The van der Waals surface area contributed by atoms with Crippen LogP contribution in [0.5, 0.6) is 0 Å². The van der Waals surface area contributed by atoms with E-state index in [9.17, 15) is 28.8 Å². The lowest BCUT2D eigenvalue weighted by Gasteiger charge is -2.38. The van der Waals surface area contributed by atoms with E-state index in [1.54, 1.807) is 4.90 Å². The molecule has 4 rings (SSSR count). The third-order valence-corrected chi connectivity index (χ3v) is 11.7. The summed E-state index contributed by atoms with van der Waals surface area (Å²) in [5.74, 6) is -2.94. The lowest BCUT2D eigenvalue weighted by atomic mass is 9.76. The fourth-order valence-corrected chi connectivity index (χ4v) is 8.59. The minimum atomic E-state index is -0.924. The third-order valence-electron chi connectivity index (χ3n) is 11.7. The minimum absolute atomic E-state index is 0.00412. The number of likely N-dealkylation sites (tertiary alicyclic amines) is 1. The number of rotatable bonds is 17. The molecule has 10 nitrogen and oxygen atoms in total. The Bertz CT molecular complexity index is 1370. The first-order valence-electron chi connectivity index (χ1n) is 19.3. The molecule has 2 heterocycles. The molecule has 1 aromatic rings. The average molecular weight is 693 g/mol. The molecule has 10 heteroatoms. The zero-order chi connectivity index (χ0) is 36.6. The first-order chi connectivity index (χ1) is 23.8. The van der Waals surface area contributed by atoms with Crippen LogP contribution in [0.1, 0.15) is 142 Å². The van der Waals surface area contributed by atoms with Gasteiger partial charge in [-0.15, -0.1) is 0 Å². The van der Waals surface area contributed by atoms with Crippen molar-refractivity contribution in [1.29, 1.82) is 0 Å². The zero-order valence-electron chi connectivity index (χ0n) is 31.2. The van der Waals surface area contributed by atoms with E-state index >= 15 is 0 Å². The Morgan fingerprint density at radius 2 is 1.64 bits per heavy atom. The monoisotopic (exact) mass is 692 g/mol. The van der Waals surface area contributed by atoms with E-state index in [0.29, 0.717) is 19.4 Å². The highest BCUT2D eigenvalue weighted by Gasteiger charge is 2.52. The van der Waals surface area contributed by atoms with Gasteiger partial charge in [0.05, 0.1) is 12.2 Å². The summed E-state index contributed by atoms with van der Waals surface area (Å²) in [7, 11) is 0. The molecule has 50 heavy (non-hydrogen) atoms. The van der Waals surface area contributed by atoms with Crippen LogP contribution in [0, 0.1) is 40.9 Å². The molecule has 0 spiro atoms. The Morgan fingerprint density at radius 1 is 0.920 bits per heavy atom. The van der Waals surface area contributed by atoms with Gasteiger partial charge in [-0.3, -0.25) is 33.8 Å². The number of fused-ring (bicyclic) bond motifs is 1. The molecule has 1 N–H and O–H groups in total. The van der Waals surface area contributed by atoms with E-state index in [1.165, 1.54) is 18.6 Å². The molecule has 7 atom stereocenters. The maximum atomic E-state index is 14.7. The number of nitrogens with zero attached hydrogens (tertiary/aromatic N) is 3. The Hall–Kier alpha value is -3.30. The number of ketones is 4. The summed E-state index contributed by atoms with van der Waals surface area (Å²) in [6, 6.07) is -1.62. The Balaban J connectivity index is 1.57. The van der Waals surface area contributed by atoms with Crippen molar-refractivity contribution in [1.82, 2.24) is 20.2 Å². The molecule has 276 valence electrons. The molecule has 1 aliphatic heterocycles. The fraction of sp³-hybridized carbons (Fsp3) is 0.750. The van der Waals surface area contributed by atoms with Crippen molar-refractivity contribution in [2.24, 2.45) is 40.9 Å². The summed E-state index contributed by atoms with van der Waals surface area (Å²) in [6.45, 7) is 12.0. The van der Waals surface area contributed by atoms with Gasteiger partial charge in [0.2, 0.25) is 17.6 Å². The quantitative estimate of drug-likeness (QED) is 0.147. The number of hydrogen-bond acceptors (Lipinski definition) is 8. The van der Waals surface area contributed by atoms with Gasteiger partial charge in [-0.1, -0.05) is 80.1 Å². The van der Waals surface area contributed by atoms with Gasteiger partial charge in [-0.2, -0.15) is 0 Å². The van der Waals surface area contributed by atoms with Crippen LogP contribution >= 0.6 is 0 Å². The normalized spacial score (nSPS) is 23.4. The second-order valence-electron chi connectivity index (χ2n) is 16.5. The largest absolute Gasteiger partial charge is 0.344 e. The molecular formula is C40H60N4O6. The topological polar surface area (TPSA) is 143 Å². The van der Waals surface area contributed by atoms with Gasteiger partial charge < -0.3 is 10.2 Å². The maximum absolute atomic E-state index is 14.7. The lowest BCUT2D eigenvalue weighted by Crippen LogP contribution is -2.58. The molecule has 1 aromatic heterocycles. The van der Waals surface area contributed by atoms with Crippen molar-refractivity contribution in [3.05, 3.63) is 24.3 Å². The third kappa shape index (κ3) is 9.72. The van der Waals surface area contributed by atoms with Crippen molar-refractivity contribution in [2.75, 3.05) is 6.54 Å². The van der Waals surface area contributed by atoms with Gasteiger partial charge in [-0.25, -0.2) is 4.98 Å². The van der Waals surface area contributed by atoms with Gasteiger partial charge in [0.25, 0.3) is 0 Å². The van der Waals surface area contributed by atoms with Crippen LogP contribution in [0.4, 0.5) is 0 Å².